The van der Waals surface area contributed by atoms with Crippen LogP contribution in [0.5, 0.6) is 0 Å². The summed E-state index contributed by atoms with van der Waals surface area (Å²) in [7, 11) is 0. The summed E-state index contributed by atoms with van der Waals surface area (Å²) >= 11 is 0. The van der Waals surface area contributed by atoms with Crippen LogP contribution in [0.4, 0.5) is 0 Å². The fourth-order valence-corrected chi connectivity index (χ4v) is 3.40. The predicted molar refractivity (Wildman–Crippen MR) is 76.8 cm³/mol. The first-order chi connectivity index (χ1) is 9.65. The molecular weight excluding hydrogens is 254 g/mol. The van der Waals surface area contributed by atoms with Crippen molar-refractivity contribution in [2.45, 2.75) is 19.8 Å². The van der Waals surface area contributed by atoms with E-state index in [0.717, 1.165) is 44.6 Å². The topological polar surface area (TPSA) is 65.2 Å². The standard InChI is InChI=1S/C15H21N3O2/c1-10-6-14(19)17-9-13(10)15(20)18-4-2-11-7-16-8-12(11)3-5-18/h6,9,11-12,16H,2-5,7-8H2,1H3,(H,17,19)/t11-,12+. The second-order valence-electron chi connectivity index (χ2n) is 5.94. The lowest BCUT2D eigenvalue weighted by Gasteiger charge is -2.21. The molecule has 2 saturated heterocycles. The van der Waals surface area contributed by atoms with Crippen LogP contribution in [0, 0.1) is 18.8 Å². The van der Waals surface area contributed by atoms with Crippen LogP contribution in [0.15, 0.2) is 17.1 Å². The number of rotatable bonds is 1. The normalized spacial score (nSPS) is 26.1. The third-order valence-electron chi connectivity index (χ3n) is 4.67. The summed E-state index contributed by atoms with van der Waals surface area (Å²) in [5.41, 5.74) is 1.22. The Kier molecular flexibility index (Phi) is 3.61. The summed E-state index contributed by atoms with van der Waals surface area (Å²) in [5, 5.41) is 3.44. The largest absolute Gasteiger partial charge is 0.339 e. The first-order valence-electron chi connectivity index (χ1n) is 7.34. The Morgan fingerprint density at radius 3 is 2.50 bits per heavy atom. The van der Waals surface area contributed by atoms with Crippen molar-refractivity contribution < 1.29 is 4.79 Å². The second-order valence-corrected chi connectivity index (χ2v) is 5.94. The van der Waals surface area contributed by atoms with E-state index in [-0.39, 0.29) is 11.5 Å². The molecule has 1 aromatic rings. The summed E-state index contributed by atoms with van der Waals surface area (Å²) in [4.78, 5) is 28.4. The summed E-state index contributed by atoms with van der Waals surface area (Å²) in [5.74, 6) is 1.47. The number of nitrogens with zero attached hydrogens (tertiary/aromatic N) is 1. The molecular formula is C15H21N3O2. The van der Waals surface area contributed by atoms with Gasteiger partial charge in [0.05, 0.1) is 5.56 Å². The maximum Gasteiger partial charge on any atom is 0.255 e. The number of aromatic nitrogens is 1. The highest BCUT2D eigenvalue weighted by molar-refractivity contribution is 5.95. The molecule has 5 heteroatoms. The molecule has 0 saturated carbocycles. The van der Waals surface area contributed by atoms with Crippen LogP contribution in [0.1, 0.15) is 28.8 Å². The van der Waals surface area contributed by atoms with Gasteiger partial charge in [0.15, 0.2) is 0 Å². The fraction of sp³-hybridized carbons (Fsp3) is 0.600. The van der Waals surface area contributed by atoms with E-state index in [2.05, 4.69) is 10.3 Å². The third kappa shape index (κ3) is 2.50. The van der Waals surface area contributed by atoms with Gasteiger partial charge >= 0.3 is 0 Å². The molecule has 2 aliphatic heterocycles. The van der Waals surface area contributed by atoms with E-state index in [1.54, 1.807) is 6.20 Å². The Balaban J connectivity index is 1.75. The molecule has 0 unspecified atom stereocenters. The maximum absolute atomic E-state index is 12.6. The van der Waals surface area contributed by atoms with Crippen molar-refractivity contribution in [3.8, 4) is 0 Å². The van der Waals surface area contributed by atoms with E-state index in [0.29, 0.717) is 17.4 Å². The van der Waals surface area contributed by atoms with Gasteiger partial charge in [0.1, 0.15) is 0 Å². The van der Waals surface area contributed by atoms with E-state index in [1.807, 2.05) is 11.8 Å². The maximum atomic E-state index is 12.6. The van der Waals surface area contributed by atoms with Crippen LogP contribution in [0.2, 0.25) is 0 Å². The second kappa shape index (κ2) is 5.40. The number of carbonyl (C=O) groups excluding carboxylic acids is 1. The van der Waals surface area contributed by atoms with Crippen molar-refractivity contribution in [3.63, 3.8) is 0 Å². The Morgan fingerprint density at radius 1 is 1.25 bits per heavy atom. The molecule has 2 aliphatic rings. The highest BCUT2D eigenvalue weighted by atomic mass is 16.2. The average Bonchev–Trinajstić information content (AvgIpc) is 2.77. The minimum Gasteiger partial charge on any atom is -0.339 e. The summed E-state index contributed by atoms with van der Waals surface area (Å²) in [6.07, 6.45) is 3.70. The van der Waals surface area contributed by atoms with Gasteiger partial charge < -0.3 is 15.2 Å². The average molecular weight is 275 g/mol. The molecule has 5 nitrogen and oxygen atoms in total. The molecule has 3 heterocycles. The molecule has 0 radical (unpaired) electrons. The summed E-state index contributed by atoms with van der Waals surface area (Å²) in [6, 6.07) is 1.49. The van der Waals surface area contributed by atoms with E-state index < -0.39 is 0 Å². The van der Waals surface area contributed by atoms with E-state index >= 15 is 0 Å². The van der Waals surface area contributed by atoms with Crippen molar-refractivity contribution in [1.82, 2.24) is 15.2 Å². The number of aryl methyl sites for hydroxylation is 1. The van der Waals surface area contributed by atoms with Crippen LogP contribution in [0.3, 0.4) is 0 Å². The molecule has 0 spiro atoms. The number of likely N-dealkylation sites (tertiary alicyclic amines) is 1. The molecule has 0 bridgehead atoms. The van der Waals surface area contributed by atoms with Crippen LogP contribution < -0.4 is 10.9 Å². The van der Waals surface area contributed by atoms with Gasteiger partial charge in [0, 0.05) is 25.4 Å². The minimum atomic E-state index is -0.157. The zero-order valence-corrected chi connectivity index (χ0v) is 11.8. The lowest BCUT2D eigenvalue weighted by Crippen LogP contribution is -2.33. The molecule has 20 heavy (non-hydrogen) atoms. The number of nitrogens with one attached hydrogen (secondary N) is 2. The number of hydrogen-bond donors (Lipinski definition) is 2. The van der Waals surface area contributed by atoms with Gasteiger partial charge in [-0.1, -0.05) is 0 Å². The molecule has 1 aromatic heterocycles. The predicted octanol–water partition coefficient (Wildman–Crippen LogP) is 0.755. The van der Waals surface area contributed by atoms with Crippen LogP contribution >= 0.6 is 0 Å². The number of hydrogen-bond acceptors (Lipinski definition) is 3. The Morgan fingerprint density at radius 2 is 1.90 bits per heavy atom. The molecule has 0 aliphatic carbocycles. The van der Waals surface area contributed by atoms with Gasteiger partial charge in [0.25, 0.3) is 5.91 Å². The molecule has 3 rings (SSSR count). The number of amides is 1. The van der Waals surface area contributed by atoms with Crippen molar-refractivity contribution in [2.75, 3.05) is 26.2 Å². The lowest BCUT2D eigenvalue weighted by molar-refractivity contribution is 0.0757. The van der Waals surface area contributed by atoms with Crippen LogP contribution in [-0.4, -0.2) is 42.0 Å². The van der Waals surface area contributed by atoms with E-state index in [4.69, 9.17) is 0 Å². The van der Waals surface area contributed by atoms with Crippen LogP contribution in [0.25, 0.3) is 0 Å². The molecule has 0 aromatic carbocycles. The monoisotopic (exact) mass is 275 g/mol. The van der Waals surface area contributed by atoms with Gasteiger partial charge in [-0.2, -0.15) is 0 Å². The highest BCUT2D eigenvalue weighted by Crippen LogP contribution is 2.27. The van der Waals surface area contributed by atoms with Crippen LogP contribution in [-0.2, 0) is 0 Å². The molecule has 2 N–H and O–H groups in total. The third-order valence-corrected chi connectivity index (χ3v) is 4.67. The molecule has 2 atom stereocenters. The Labute approximate surface area is 118 Å². The van der Waals surface area contributed by atoms with Gasteiger partial charge in [-0.25, -0.2) is 0 Å². The lowest BCUT2D eigenvalue weighted by atomic mass is 9.92. The Bertz CT molecular complexity index is 552. The van der Waals surface area contributed by atoms with E-state index in [1.165, 1.54) is 6.07 Å². The molecule has 108 valence electrons. The van der Waals surface area contributed by atoms with Gasteiger partial charge in [-0.15, -0.1) is 0 Å². The number of fused-ring (bicyclic) bond motifs is 1. The minimum absolute atomic E-state index is 0.0479. The van der Waals surface area contributed by atoms with Gasteiger partial charge in [-0.3, -0.25) is 9.59 Å². The van der Waals surface area contributed by atoms with Gasteiger partial charge in [0.2, 0.25) is 5.56 Å². The number of aromatic amines is 1. The van der Waals surface area contributed by atoms with Crippen molar-refractivity contribution in [2.24, 2.45) is 11.8 Å². The summed E-state index contributed by atoms with van der Waals surface area (Å²) < 4.78 is 0. The fourth-order valence-electron chi connectivity index (χ4n) is 3.40. The number of carbonyl (C=O) groups is 1. The SMILES string of the molecule is Cc1cc(=O)[nH]cc1C(=O)N1CC[C@@H]2CNC[C@@H]2CC1. The molecule has 1 amide bonds. The number of H-pyrrole nitrogens is 1. The van der Waals surface area contributed by atoms with Crippen molar-refractivity contribution in [3.05, 3.63) is 33.7 Å². The highest BCUT2D eigenvalue weighted by Gasteiger charge is 2.31. The Hall–Kier alpha value is -1.62. The quantitative estimate of drug-likeness (QED) is 0.795. The van der Waals surface area contributed by atoms with Crippen molar-refractivity contribution in [1.29, 1.82) is 0 Å². The zero-order chi connectivity index (χ0) is 14.1. The van der Waals surface area contributed by atoms with Gasteiger partial charge in [-0.05, 0) is 50.3 Å². The van der Waals surface area contributed by atoms with Crippen molar-refractivity contribution >= 4 is 5.91 Å². The smallest absolute Gasteiger partial charge is 0.255 e. The molecule has 2 fully saturated rings. The first-order valence-corrected chi connectivity index (χ1v) is 7.34. The zero-order valence-electron chi connectivity index (χ0n) is 11.8. The first kappa shape index (κ1) is 13.4. The summed E-state index contributed by atoms with van der Waals surface area (Å²) in [6.45, 7) is 5.63. The number of pyridine rings is 1. The van der Waals surface area contributed by atoms with E-state index in [9.17, 15) is 9.59 Å².